The van der Waals surface area contributed by atoms with Crippen LogP contribution >= 0.6 is 0 Å². The Hall–Kier alpha value is -1.68. The molecule has 0 aromatic heterocycles. The summed E-state index contributed by atoms with van der Waals surface area (Å²) in [5, 5.41) is 2.54. The van der Waals surface area contributed by atoms with Crippen molar-refractivity contribution in [2.75, 3.05) is 20.1 Å². The molecule has 2 unspecified atom stereocenters. The van der Waals surface area contributed by atoms with Gasteiger partial charge in [0.2, 0.25) is 11.8 Å². The molecule has 1 N–H and O–H groups in total. The van der Waals surface area contributed by atoms with Gasteiger partial charge in [0.25, 0.3) is 0 Å². The van der Waals surface area contributed by atoms with E-state index in [9.17, 15) is 9.59 Å². The number of nitrogens with one attached hydrogen (secondary N) is 1. The molecule has 2 aliphatic rings. The van der Waals surface area contributed by atoms with Crippen LogP contribution < -0.4 is 5.32 Å². The molecule has 112 valence electrons. The van der Waals surface area contributed by atoms with Crippen molar-refractivity contribution < 1.29 is 9.59 Å². The minimum Gasteiger partial charge on any atom is -0.306 e. The van der Waals surface area contributed by atoms with E-state index in [1.54, 1.807) is 0 Å². The molecule has 2 aliphatic heterocycles. The molecule has 1 aromatic rings. The van der Waals surface area contributed by atoms with E-state index >= 15 is 0 Å². The van der Waals surface area contributed by atoms with Crippen LogP contribution in [-0.2, 0) is 9.59 Å². The molecule has 0 radical (unpaired) electrons. The summed E-state index contributed by atoms with van der Waals surface area (Å²) in [5.41, 5.74) is 1.94. The van der Waals surface area contributed by atoms with Crippen LogP contribution in [0.5, 0.6) is 0 Å². The summed E-state index contributed by atoms with van der Waals surface area (Å²) in [6.45, 7) is 3.89. The van der Waals surface area contributed by atoms with Crippen LogP contribution in [0.15, 0.2) is 24.3 Å². The number of carbonyl (C=O) groups is 2. The minimum atomic E-state index is -0.250. The Labute approximate surface area is 125 Å². The van der Waals surface area contributed by atoms with Crippen molar-refractivity contribution in [3.05, 3.63) is 35.4 Å². The number of hydrogen-bond acceptors (Lipinski definition) is 3. The van der Waals surface area contributed by atoms with E-state index in [0.29, 0.717) is 6.42 Å². The minimum absolute atomic E-state index is 0.126. The molecule has 2 fully saturated rings. The topological polar surface area (TPSA) is 49.4 Å². The van der Waals surface area contributed by atoms with Gasteiger partial charge in [-0.2, -0.15) is 0 Å². The van der Waals surface area contributed by atoms with Crippen molar-refractivity contribution in [2.24, 2.45) is 5.41 Å². The summed E-state index contributed by atoms with van der Waals surface area (Å²) in [5.74, 6) is -0.482. The highest BCUT2D eigenvalue weighted by Gasteiger charge is 2.50. The monoisotopic (exact) mass is 286 g/mol. The Morgan fingerprint density at radius 2 is 2.14 bits per heavy atom. The zero-order chi connectivity index (χ0) is 15.0. The lowest BCUT2D eigenvalue weighted by Gasteiger charge is -2.48. The fraction of sp³-hybridized carbons (Fsp3) is 0.529. The van der Waals surface area contributed by atoms with Crippen molar-refractivity contribution in [1.29, 1.82) is 0 Å². The second-order valence-corrected chi connectivity index (χ2v) is 6.64. The second-order valence-electron chi connectivity index (χ2n) is 6.64. The molecule has 3 rings (SSSR count). The van der Waals surface area contributed by atoms with Crippen LogP contribution in [0.2, 0.25) is 0 Å². The molecule has 2 atom stereocenters. The molecule has 0 saturated carbocycles. The summed E-state index contributed by atoms with van der Waals surface area (Å²) >= 11 is 0. The Morgan fingerprint density at radius 1 is 1.33 bits per heavy atom. The van der Waals surface area contributed by atoms with Gasteiger partial charge in [-0.1, -0.05) is 29.8 Å². The molecule has 0 bridgehead atoms. The molecule has 4 nitrogen and oxygen atoms in total. The van der Waals surface area contributed by atoms with Gasteiger partial charge in [0.05, 0.1) is 5.92 Å². The number of piperidine rings is 2. The molecule has 4 heteroatoms. The number of amides is 2. The average molecular weight is 286 g/mol. The van der Waals surface area contributed by atoms with Gasteiger partial charge in [-0.15, -0.1) is 0 Å². The van der Waals surface area contributed by atoms with Gasteiger partial charge in [-0.3, -0.25) is 14.9 Å². The highest BCUT2D eigenvalue weighted by atomic mass is 16.2. The van der Waals surface area contributed by atoms with Crippen LogP contribution in [0, 0.1) is 12.3 Å². The molecule has 2 saturated heterocycles. The number of hydrogen-bond donors (Lipinski definition) is 1. The number of benzene rings is 1. The number of aryl methyl sites for hydroxylation is 1. The smallest absolute Gasteiger partial charge is 0.234 e. The number of nitrogens with zero attached hydrogens (tertiary/aromatic N) is 1. The molecule has 0 aliphatic carbocycles. The fourth-order valence-corrected chi connectivity index (χ4v) is 4.08. The lowest BCUT2D eigenvalue weighted by Crippen LogP contribution is -2.56. The standard InChI is InChI=1S/C17H22N2O2/c1-12-5-3-6-13(9-12)15-16(21)18-14(20)10-17(15)7-4-8-19(2)11-17/h3,5-6,9,15H,4,7-8,10-11H2,1-2H3,(H,18,20,21). The van der Waals surface area contributed by atoms with Crippen LogP contribution in [0.25, 0.3) is 0 Å². The van der Waals surface area contributed by atoms with Crippen LogP contribution in [0.1, 0.15) is 36.3 Å². The largest absolute Gasteiger partial charge is 0.306 e. The van der Waals surface area contributed by atoms with E-state index in [0.717, 1.165) is 37.1 Å². The van der Waals surface area contributed by atoms with Gasteiger partial charge in [0.1, 0.15) is 0 Å². The molecule has 1 spiro atoms. The summed E-state index contributed by atoms with van der Waals surface area (Å²) in [4.78, 5) is 26.7. The maximum atomic E-state index is 12.5. The maximum absolute atomic E-state index is 12.5. The Bertz CT molecular complexity index is 584. The first kappa shape index (κ1) is 14.3. The number of imide groups is 1. The van der Waals surface area contributed by atoms with Crippen molar-refractivity contribution >= 4 is 11.8 Å². The second kappa shape index (κ2) is 5.26. The van der Waals surface area contributed by atoms with Crippen molar-refractivity contribution in [3.8, 4) is 0 Å². The zero-order valence-corrected chi connectivity index (χ0v) is 12.7. The number of carbonyl (C=O) groups excluding carboxylic acids is 2. The third-order valence-electron chi connectivity index (χ3n) is 4.82. The van der Waals surface area contributed by atoms with Gasteiger partial charge in [0, 0.05) is 18.4 Å². The third kappa shape index (κ3) is 2.60. The summed E-state index contributed by atoms with van der Waals surface area (Å²) in [6, 6.07) is 8.13. The van der Waals surface area contributed by atoms with Gasteiger partial charge in [-0.05, 0) is 38.9 Å². The number of rotatable bonds is 1. The van der Waals surface area contributed by atoms with E-state index in [1.807, 2.05) is 25.1 Å². The van der Waals surface area contributed by atoms with E-state index in [-0.39, 0.29) is 23.1 Å². The summed E-state index contributed by atoms with van der Waals surface area (Å²) in [6.07, 6.45) is 2.43. The molecule has 21 heavy (non-hydrogen) atoms. The van der Waals surface area contributed by atoms with Crippen molar-refractivity contribution in [1.82, 2.24) is 10.2 Å². The molecular weight excluding hydrogens is 264 g/mol. The van der Waals surface area contributed by atoms with Crippen LogP contribution in [0.3, 0.4) is 0 Å². The highest BCUT2D eigenvalue weighted by Crippen LogP contribution is 2.47. The normalized spacial score (nSPS) is 30.5. The van der Waals surface area contributed by atoms with Crippen LogP contribution in [-0.4, -0.2) is 36.9 Å². The predicted molar refractivity (Wildman–Crippen MR) is 80.9 cm³/mol. The van der Waals surface area contributed by atoms with Crippen molar-refractivity contribution in [3.63, 3.8) is 0 Å². The average Bonchev–Trinajstić information content (AvgIpc) is 2.37. The van der Waals surface area contributed by atoms with E-state index in [2.05, 4.69) is 23.3 Å². The van der Waals surface area contributed by atoms with Crippen molar-refractivity contribution in [2.45, 2.75) is 32.1 Å². The molecule has 2 amide bonds. The SMILES string of the molecule is Cc1cccc(C2C(=O)NC(=O)CC23CCCN(C)C3)c1. The lowest BCUT2D eigenvalue weighted by molar-refractivity contribution is -0.142. The van der Waals surface area contributed by atoms with E-state index in [4.69, 9.17) is 0 Å². The highest BCUT2D eigenvalue weighted by molar-refractivity contribution is 6.02. The fourth-order valence-electron chi connectivity index (χ4n) is 4.08. The zero-order valence-electron chi connectivity index (χ0n) is 12.7. The maximum Gasteiger partial charge on any atom is 0.234 e. The quantitative estimate of drug-likeness (QED) is 0.801. The van der Waals surface area contributed by atoms with Gasteiger partial charge in [0.15, 0.2) is 0 Å². The summed E-state index contributed by atoms with van der Waals surface area (Å²) < 4.78 is 0. The molecule has 2 heterocycles. The number of likely N-dealkylation sites (tertiary alicyclic amines) is 1. The summed E-state index contributed by atoms with van der Waals surface area (Å²) in [7, 11) is 2.07. The van der Waals surface area contributed by atoms with Gasteiger partial charge < -0.3 is 4.90 Å². The Morgan fingerprint density at radius 3 is 2.86 bits per heavy atom. The Balaban J connectivity index is 2.04. The lowest BCUT2D eigenvalue weighted by atomic mass is 9.63. The first-order chi connectivity index (χ1) is 10.00. The molecule has 1 aromatic carbocycles. The van der Waals surface area contributed by atoms with E-state index < -0.39 is 0 Å². The first-order valence-corrected chi connectivity index (χ1v) is 7.59. The van der Waals surface area contributed by atoms with Gasteiger partial charge in [-0.25, -0.2) is 0 Å². The first-order valence-electron chi connectivity index (χ1n) is 7.59. The predicted octanol–water partition coefficient (Wildman–Crippen LogP) is 1.84. The Kier molecular flexibility index (Phi) is 3.57. The van der Waals surface area contributed by atoms with E-state index in [1.165, 1.54) is 0 Å². The van der Waals surface area contributed by atoms with Gasteiger partial charge >= 0.3 is 0 Å². The third-order valence-corrected chi connectivity index (χ3v) is 4.82. The molecular formula is C17H22N2O2. The van der Waals surface area contributed by atoms with Crippen LogP contribution in [0.4, 0.5) is 0 Å².